The van der Waals surface area contributed by atoms with E-state index in [-0.39, 0.29) is 0 Å². The SMILES string of the molecule is CC(Cc1ccc(-c2ccccc2)cc1)NCC1(O)CCOCC1. The monoisotopic (exact) mass is 325 g/mol. The third-order valence-electron chi connectivity index (χ3n) is 4.81. The highest BCUT2D eigenvalue weighted by molar-refractivity contribution is 5.63. The van der Waals surface area contributed by atoms with Crippen molar-refractivity contribution in [2.75, 3.05) is 19.8 Å². The quantitative estimate of drug-likeness (QED) is 0.855. The zero-order chi connectivity index (χ0) is 16.8. The van der Waals surface area contributed by atoms with Crippen LogP contribution in [0.1, 0.15) is 25.3 Å². The maximum Gasteiger partial charge on any atom is 0.0815 e. The van der Waals surface area contributed by atoms with E-state index in [1.807, 2.05) is 6.07 Å². The van der Waals surface area contributed by atoms with Crippen LogP contribution in [0.4, 0.5) is 0 Å². The Bertz CT molecular complexity index is 618. The van der Waals surface area contributed by atoms with Crippen LogP contribution in [0.2, 0.25) is 0 Å². The molecule has 1 heterocycles. The van der Waals surface area contributed by atoms with Gasteiger partial charge in [0.15, 0.2) is 0 Å². The first kappa shape index (κ1) is 17.2. The smallest absolute Gasteiger partial charge is 0.0815 e. The Labute approximate surface area is 144 Å². The molecule has 1 fully saturated rings. The summed E-state index contributed by atoms with van der Waals surface area (Å²) in [6.07, 6.45) is 2.40. The molecule has 24 heavy (non-hydrogen) atoms. The highest BCUT2D eigenvalue weighted by Crippen LogP contribution is 2.21. The van der Waals surface area contributed by atoms with Gasteiger partial charge >= 0.3 is 0 Å². The van der Waals surface area contributed by atoms with E-state index in [9.17, 15) is 5.11 Å². The van der Waals surface area contributed by atoms with Crippen LogP contribution in [0.25, 0.3) is 11.1 Å². The first-order valence-corrected chi connectivity index (χ1v) is 8.83. The molecule has 1 saturated heterocycles. The molecule has 3 heteroatoms. The van der Waals surface area contributed by atoms with Crippen LogP contribution in [0.3, 0.4) is 0 Å². The van der Waals surface area contributed by atoms with Crippen LogP contribution in [-0.4, -0.2) is 36.5 Å². The van der Waals surface area contributed by atoms with Gasteiger partial charge in [-0.3, -0.25) is 0 Å². The van der Waals surface area contributed by atoms with Gasteiger partial charge < -0.3 is 15.2 Å². The van der Waals surface area contributed by atoms with Gasteiger partial charge in [0, 0.05) is 38.6 Å². The summed E-state index contributed by atoms with van der Waals surface area (Å²) in [4.78, 5) is 0. The molecule has 1 atom stereocenters. The number of hydrogen-bond acceptors (Lipinski definition) is 3. The summed E-state index contributed by atoms with van der Waals surface area (Å²) in [6, 6.07) is 19.5. The summed E-state index contributed by atoms with van der Waals surface area (Å²) in [5, 5.41) is 14.0. The van der Waals surface area contributed by atoms with E-state index < -0.39 is 5.60 Å². The second-order valence-electron chi connectivity index (χ2n) is 6.89. The summed E-state index contributed by atoms with van der Waals surface area (Å²) >= 11 is 0. The first-order valence-electron chi connectivity index (χ1n) is 8.83. The summed E-state index contributed by atoms with van der Waals surface area (Å²) in [7, 11) is 0. The second-order valence-corrected chi connectivity index (χ2v) is 6.89. The van der Waals surface area contributed by atoms with Gasteiger partial charge in [0.25, 0.3) is 0 Å². The van der Waals surface area contributed by atoms with Crippen LogP contribution < -0.4 is 5.32 Å². The highest BCUT2D eigenvalue weighted by Gasteiger charge is 2.29. The molecule has 2 N–H and O–H groups in total. The third-order valence-corrected chi connectivity index (χ3v) is 4.81. The predicted molar refractivity (Wildman–Crippen MR) is 98.0 cm³/mol. The Hall–Kier alpha value is -1.68. The molecule has 3 rings (SSSR count). The minimum Gasteiger partial charge on any atom is -0.388 e. The Morgan fingerprint density at radius 1 is 1.00 bits per heavy atom. The number of benzene rings is 2. The molecule has 0 saturated carbocycles. The number of aliphatic hydroxyl groups is 1. The van der Waals surface area contributed by atoms with Crippen molar-refractivity contribution in [3.63, 3.8) is 0 Å². The number of hydrogen-bond donors (Lipinski definition) is 2. The van der Waals surface area contributed by atoms with E-state index in [0.29, 0.717) is 25.8 Å². The average molecular weight is 325 g/mol. The zero-order valence-corrected chi connectivity index (χ0v) is 14.4. The Morgan fingerprint density at radius 2 is 1.62 bits per heavy atom. The average Bonchev–Trinajstić information content (AvgIpc) is 2.62. The molecular formula is C21H27NO2. The molecule has 128 valence electrons. The van der Waals surface area contributed by atoms with Gasteiger partial charge in [0.1, 0.15) is 0 Å². The third kappa shape index (κ3) is 4.67. The van der Waals surface area contributed by atoms with Crippen LogP contribution in [-0.2, 0) is 11.2 Å². The van der Waals surface area contributed by atoms with Crippen LogP contribution >= 0.6 is 0 Å². The van der Waals surface area contributed by atoms with Gasteiger partial charge in [-0.25, -0.2) is 0 Å². The fraction of sp³-hybridized carbons (Fsp3) is 0.429. The lowest BCUT2D eigenvalue weighted by Crippen LogP contribution is -2.47. The summed E-state index contributed by atoms with van der Waals surface area (Å²) in [6.45, 7) is 4.13. The molecule has 0 spiro atoms. The molecule has 1 aliphatic heterocycles. The van der Waals surface area contributed by atoms with Gasteiger partial charge in [-0.1, -0.05) is 54.6 Å². The molecule has 2 aromatic carbocycles. The fourth-order valence-corrected chi connectivity index (χ4v) is 3.18. The van der Waals surface area contributed by atoms with Gasteiger partial charge in [-0.15, -0.1) is 0 Å². The van der Waals surface area contributed by atoms with Crippen molar-refractivity contribution in [2.45, 2.75) is 37.8 Å². The maximum atomic E-state index is 10.5. The number of ether oxygens (including phenoxy) is 1. The summed E-state index contributed by atoms with van der Waals surface area (Å²) in [5.41, 5.74) is 3.20. The van der Waals surface area contributed by atoms with Gasteiger partial charge in [-0.2, -0.15) is 0 Å². The molecule has 3 nitrogen and oxygen atoms in total. The molecule has 0 radical (unpaired) electrons. The molecule has 1 unspecified atom stereocenters. The largest absolute Gasteiger partial charge is 0.388 e. The van der Waals surface area contributed by atoms with E-state index in [4.69, 9.17) is 4.74 Å². The minimum atomic E-state index is -0.607. The van der Waals surface area contributed by atoms with Gasteiger partial charge in [-0.05, 0) is 30.0 Å². The predicted octanol–water partition coefficient (Wildman–Crippen LogP) is 3.42. The minimum absolute atomic E-state index is 0.333. The van der Waals surface area contributed by atoms with Crippen molar-refractivity contribution in [1.29, 1.82) is 0 Å². The fourth-order valence-electron chi connectivity index (χ4n) is 3.18. The Morgan fingerprint density at radius 3 is 2.29 bits per heavy atom. The van der Waals surface area contributed by atoms with E-state index >= 15 is 0 Å². The van der Waals surface area contributed by atoms with E-state index in [0.717, 1.165) is 19.3 Å². The van der Waals surface area contributed by atoms with Crippen molar-refractivity contribution in [3.8, 4) is 11.1 Å². The van der Waals surface area contributed by atoms with Crippen LogP contribution in [0, 0.1) is 0 Å². The molecule has 1 aliphatic rings. The zero-order valence-electron chi connectivity index (χ0n) is 14.4. The second kappa shape index (κ2) is 7.93. The van der Waals surface area contributed by atoms with Crippen molar-refractivity contribution >= 4 is 0 Å². The highest BCUT2D eigenvalue weighted by atomic mass is 16.5. The van der Waals surface area contributed by atoms with Crippen molar-refractivity contribution in [1.82, 2.24) is 5.32 Å². The Balaban J connectivity index is 1.52. The van der Waals surface area contributed by atoms with E-state index in [1.54, 1.807) is 0 Å². The van der Waals surface area contributed by atoms with Crippen molar-refractivity contribution in [3.05, 3.63) is 60.2 Å². The van der Waals surface area contributed by atoms with Crippen LogP contribution in [0.5, 0.6) is 0 Å². The molecule has 2 aromatic rings. The van der Waals surface area contributed by atoms with Crippen LogP contribution in [0.15, 0.2) is 54.6 Å². The van der Waals surface area contributed by atoms with Crippen molar-refractivity contribution in [2.24, 2.45) is 0 Å². The number of rotatable bonds is 6. The molecular weight excluding hydrogens is 298 g/mol. The number of nitrogens with one attached hydrogen (secondary N) is 1. The maximum absolute atomic E-state index is 10.5. The topological polar surface area (TPSA) is 41.5 Å². The van der Waals surface area contributed by atoms with Gasteiger partial charge in [0.2, 0.25) is 0 Å². The molecule has 0 bridgehead atoms. The molecule has 0 amide bonds. The summed E-state index contributed by atoms with van der Waals surface area (Å²) in [5.74, 6) is 0. The van der Waals surface area contributed by atoms with Crippen molar-refractivity contribution < 1.29 is 9.84 Å². The first-order chi connectivity index (χ1) is 11.6. The molecule has 0 aromatic heterocycles. The standard InChI is InChI=1S/C21H27NO2/c1-17(22-16-21(23)11-13-24-14-12-21)15-18-7-9-20(10-8-18)19-5-3-2-4-6-19/h2-10,17,22-23H,11-16H2,1H3. The lowest BCUT2D eigenvalue weighted by Gasteiger charge is -2.33. The normalized spacial score (nSPS) is 18.2. The molecule has 0 aliphatic carbocycles. The lowest BCUT2D eigenvalue weighted by molar-refractivity contribution is -0.0625. The lowest BCUT2D eigenvalue weighted by atomic mass is 9.94. The van der Waals surface area contributed by atoms with E-state index in [2.05, 4.69) is 60.8 Å². The Kier molecular flexibility index (Phi) is 5.67. The van der Waals surface area contributed by atoms with Gasteiger partial charge in [0.05, 0.1) is 5.60 Å². The summed E-state index contributed by atoms with van der Waals surface area (Å²) < 4.78 is 5.33. The van der Waals surface area contributed by atoms with E-state index in [1.165, 1.54) is 16.7 Å².